The molecule has 0 atom stereocenters. The van der Waals surface area contributed by atoms with Crippen LogP contribution in [0.4, 0.5) is 5.82 Å². The van der Waals surface area contributed by atoms with Crippen LogP contribution in [0.3, 0.4) is 0 Å². The first kappa shape index (κ1) is 17.2. The van der Waals surface area contributed by atoms with Crippen molar-refractivity contribution in [3.05, 3.63) is 17.1 Å². The summed E-state index contributed by atoms with van der Waals surface area (Å²) in [5.74, 6) is 2.92. The molecule has 3 heterocycles. The second-order valence-electron chi connectivity index (χ2n) is 7.78. The number of rotatable bonds is 5. The van der Waals surface area contributed by atoms with Crippen LogP contribution in [0.25, 0.3) is 0 Å². The smallest absolute Gasteiger partial charge is 0.135 e. The van der Waals surface area contributed by atoms with Gasteiger partial charge in [-0.25, -0.2) is 9.97 Å². The van der Waals surface area contributed by atoms with Crippen molar-refractivity contribution in [2.24, 2.45) is 0 Å². The van der Waals surface area contributed by atoms with Gasteiger partial charge in [-0.15, -0.1) is 0 Å². The molecule has 2 fully saturated rings. The highest BCUT2D eigenvalue weighted by molar-refractivity contribution is 5.51. The van der Waals surface area contributed by atoms with Crippen molar-refractivity contribution < 1.29 is 5.11 Å². The Bertz CT molecular complexity index is 596. The molecule has 0 unspecified atom stereocenters. The third-order valence-electron chi connectivity index (χ3n) is 5.96. The molecular weight excluding hydrogens is 314 g/mol. The zero-order valence-corrected chi connectivity index (χ0v) is 15.4. The number of hydrogen-bond donors (Lipinski definition) is 2. The number of fused-ring (bicyclic) bond motifs is 1. The van der Waals surface area contributed by atoms with Crippen LogP contribution in [0.1, 0.15) is 48.7 Å². The van der Waals surface area contributed by atoms with Gasteiger partial charge < -0.3 is 20.2 Å². The van der Waals surface area contributed by atoms with Crippen molar-refractivity contribution in [1.29, 1.82) is 0 Å². The lowest BCUT2D eigenvalue weighted by molar-refractivity contribution is 0.161. The Kier molecular flexibility index (Phi) is 5.20. The third-order valence-corrected chi connectivity index (χ3v) is 5.96. The van der Waals surface area contributed by atoms with Crippen LogP contribution in [-0.4, -0.2) is 72.4 Å². The Morgan fingerprint density at radius 2 is 1.88 bits per heavy atom. The monoisotopic (exact) mass is 345 g/mol. The largest absolute Gasteiger partial charge is 0.395 e. The summed E-state index contributed by atoms with van der Waals surface area (Å²) in [6.07, 6.45) is 6.87. The zero-order chi connectivity index (χ0) is 17.2. The van der Waals surface area contributed by atoms with Gasteiger partial charge in [0.25, 0.3) is 0 Å². The summed E-state index contributed by atoms with van der Waals surface area (Å²) in [7, 11) is 2.13. The summed E-state index contributed by atoms with van der Waals surface area (Å²) < 4.78 is 0. The first-order valence-corrected chi connectivity index (χ1v) is 9.92. The number of anilines is 1. The van der Waals surface area contributed by atoms with E-state index in [1.54, 1.807) is 0 Å². The molecule has 2 N–H and O–H groups in total. The Morgan fingerprint density at radius 3 is 2.60 bits per heavy atom. The minimum absolute atomic E-state index is 0.244. The maximum absolute atomic E-state index is 9.17. The zero-order valence-electron chi connectivity index (χ0n) is 15.4. The number of aromatic nitrogens is 2. The van der Waals surface area contributed by atoms with Crippen LogP contribution in [-0.2, 0) is 12.8 Å². The first-order chi connectivity index (χ1) is 12.3. The van der Waals surface area contributed by atoms with E-state index in [1.807, 2.05) is 0 Å². The van der Waals surface area contributed by atoms with Gasteiger partial charge in [-0.3, -0.25) is 0 Å². The highest BCUT2D eigenvalue weighted by Crippen LogP contribution is 2.40. The maximum atomic E-state index is 9.17. The number of nitrogens with zero attached hydrogens (tertiary/aromatic N) is 4. The van der Waals surface area contributed by atoms with Gasteiger partial charge >= 0.3 is 0 Å². The molecule has 0 bridgehead atoms. The van der Waals surface area contributed by atoms with Gasteiger partial charge in [-0.1, -0.05) is 0 Å². The fourth-order valence-corrected chi connectivity index (χ4v) is 4.19. The van der Waals surface area contributed by atoms with Gasteiger partial charge in [-0.2, -0.15) is 0 Å². The topological polar surface area (TPSA) is 64.5 Å². The molecule has 0 aromatic carbocycles. The molecule has 0 radical (unpaired) electrons. The van der Waals surface area contributed by atoms with E-state index in [1.165, 1.54) is 29.9 Å². The van der Waals surface area contributed by atoms with Gasteiger partial charge in [0.05, 0.1) is 12.3 Å². The van der Waals surface area contributed by atoms with E-state index in [9.17, 15) is 0 Å². The second-order valence-corrected chi connectivity index (χ2v) is 7.78. The lowest BCUT2D eigenvalue weighted by Gasteiger charge is -2.38. The minimum atomic E-state index is 0.244. The van der Waals surface area contributed by atoms with Crippen molar-refractivity contribution in [2.45, 2.75) is 50.5 Å². The molecule has 4 rings (SSSR count). The molecule has 25 heavy (non-hydrogen) atoms. The predicted molar refractivity (Wildman–Crippen MR) is 99.2 cm³/mol. The summed E-state index contributed by atoms with van der Waals surface area (Å²) in [6, 6.07) is 0.577. The molecule has 6 nitrogen and oxygen atoms in total. The molecule has 0 amide bonds. The summed E-state index contributed by atoms with van der Waals surface area (Å²) in [4.78, 5) is 14.8. The van der Waals surface area contributed by atoms with Crippen molar-refractivity contribution in [3.63, 3.8) is 0 Å². The number of aliphatic hydroxyl groups excluding tert-OH is 1. The Morgan fingerprint density at radius 1 is 1.12 bits per heavy atom. The van der Waals surface area contributed by atoms with Gasteiger partial charge in [0, 0.05) is 50.1 Å². The molecule has 2 aliphatic heterocycles. The molecule has 0 spiro atoms. The average molecular weight is 345 g/mol. The van der Waals surface area contributed by atoms with Crippen LogP contribution in [0, 0.1) is 0 Å². The lowest BCUT2D eigenvalue weighted by atomic mass is 10.0. The fourth-order valence-electron chi connectivity index (χ4n) is 4.19. The standard InChI is InChI=1S/C19H31N5O/c1-23(12-13-25)15-6-10-24(11-7-15)19-16-4-8-20-9-5-17(16)21-18(22-19)14-2-3-14/h14-15,20,25H,2-13H2,1H3. The molecule has 1 saturated carbocycles. The van der Waals surface area contributed by atoms with Crippen LogP contribution >= 0.6 is 0 Å². The van der Waals surface area contributed by atoms with Crippen molar-refractivity contribution in [3.8, 4) is 0 Å². The number of likely N-dealkylation sites (N-methyl/N-ethyl adjacent to an activating group) is 1. The van der Waals surface area contributed by atoms with Gasteiger partial charge in [0.15, 0.2) is 0 Å². The van der Waals surface area contributed by atoms with E-state index in [0.717, 1.165) is 64.2 Å². The third kappa shape index (κ3) is 3.81. The van der Waals surface area contributed by atoms with E-state index < -0.39 is 0 Å². The Labute approximate surface area is 150 Å². The van der Waals surface area contributed by atoms with E-state index >= 15 is 0 Å². The normalized spacial score (nSPS) is 22.1. The fraction of sp³-hybridized carbons (Fsp3) is 0.789. The molecule has 1 aliphatic carbocycles. The van der Waals surface area contributed by atoms with Crippen LogP contribution < -0.4 is 10.2 Å². The Balaban J connectivity index is 1.54. The van der Waals surface area contributed by atoms with E-state index in [2.05, 4.69) is 22.2 Å². The molecular formula is C19H31N5O. The number of hydrogen-bond acceptors (Lipinski definition) is 6. The lowest BCUT2D eigenvalue weighted by Crippen LogP contribution is -2.45. The van der Waals surface area contributed by atoms with Crippen molar-refractivity contribution >= 4 is 5.82 Å². The van der Waals surface area contributed by atoms with E-state index in [4.69, 9.17) is 15.1 Å². The van der Waals surface area contributed by atoms with Gasteiger partial charge in [0.2, 0.25) is 0 Å². The quantitative estimate of drug-likeness (QED) is 0.828. The molecule has 138 valence electrons. The average Bonchev–Trinajstić information content (AvgIpc) is 3.48. The van der Waals surface area contributed by atoms with Gasteiger partial charge in [-0.05, 0) is 45.7 Å². The molecule has 1 aromatic heterocycles. The minimum Gasteiger partial charge on any atom is -0.395 e. The van der Waals surface area contributed by atoms with Crippen LogP contribution in [0.15, 0.2) is 0 Å². The number of piperidine rings is 1. The molecule has 1 aromatic rings. The summed E-state index contributed by atoms with van der Waals surface area (Å²) in [5.41, 5.74) is 2.67. The highest BCUT2D eigenvalue weighted by atomic mass is 16.3. The van der Waals surface area contributed by atoms with Crippen LogP contribution in [0.5, 0.6) is 0 Å². The number of aliphatic hydroxyl groups is 1. The first-order valence-electron chi connectivity index (χ1n) is 9.92. The molecule has 6 heteroatoms. The Hall–Kier alpha value is -1.24. The van der Waals surface area contributed by atoms with Crippen LogP contribution in [0.2, 0.25) is 0 Å². The highest BCUT2D eigenvalue weighted by Gasteiger charge is 2.31. The molecule has 1 saturated heterocycles. The predicted octanol–water partition coefficient (Wildman–Crippen LogP) is 0.935. The van der Waals surface area contributed by atoms with E-state index in [-0.39, 0.29) is 6.61 Å². The SMILES string of the molecule is CN(CCO)C1CCN(c2nc(C3CC3)nc3c2CCNCC3)CC1. The maximum Gasteiger partial charge on any atom is 0.135 e. The summed E-state index contributed by atoms with van der Waals surface area (Å²) in [5, 5.41) is 12.7. The van der Waals surface area contributed by atoms with Crippen molar-refractivity contribution in [2.75, 3.05) is 51.3 Å². The summed E-state index contributed by atoms with van der Waals surface area (Å²) >= 11 is 0. The second kappa shape index (κ2) is 7.56. The van der Waals surface area contributed by atoms with Gasteiger partial charge in [0.1, 0.15) is 11.6 Å². The molecule has 3 aliphatic rings. The summed E-state index contributed by atoms with van der Waals surface area (Å²) in [6.45, 7) is 5.19. The van der Waals surface area contributed by atoms with Crippen molar-refractivity contribution in [1.82, 2.24) is 20.2 Å². The number of nitrogens with one attached hydrogen (secondary N) is 1. The van der Waals surface area contributed by atoms with E-state index in [0.29, 0.717) is 12.0 Å².